The molecule has 2 rings (SSSR count). The number of hydrogen-bond donors (Lipinski definition) is 2. The van der Waals surface area contributed by atoms with E-state index in [4.69, 9.17) is 0 Å². The SMILES string of the molecule is CCCC=CC[C@H]1C(=O)C[C@@H](O)[C@@H]1c1ccc(C(O)CCCCC)cc1. The zero-order chi connectivity index (χ0) is 18.9. The Bertz CT molecular complexity index is 576. The maximum Gasteiger partial charge on any atom is 0.139 e. The molecule has 0 bridgehead atoms. The standard InChI is InChI=1S/C23H34O3/c1-3-5-7-9-10-19-21(25)16-22(26)23(19)18-14-12-17(13-15-18)20(24)11-8-6-4-2/h7,9,12-15,19-20,22-24,26H,3-6,8,10-11,16H2,1-2H3/t19-,20?,22+,23+/m0/s1. The van der Waals surface area contributed by atoms with Gasteiger partial charge in [0.05, 0.1) is 12.2 Å². The normalized spacial score (nSPS) is 24.5. The van der Waals surface area contributed by atoms with Crippen LogP contribution in [-0.4, -0.2) is 22.1 Å². The van der Waals surface area contributed by atoms with Gasteiger partial charge in [0.15, 0.2) is 0 Å². The molecule has 0 saturated heterocycles. The van der Waals surface area contributed by atoms with Crippen LogP contribution in [0.15, 0.2) is 36.4 Å². The second kappa shape index (κ2) is 10.6. The Balaban J connectivity index is 2.05. The molecule has 0 aromatic heterocycles. The summed E-state index contributed by atoms with van der Waals surface area (Å²) in [5.74, 6) is -0.120. The second-order valence-electron chi connectivity index (χ2n) is 7.54. The van der Waals surface area contributed by atoms with Gasteiger partial charge in [0.25, 0.3) is 0 Å². The molecule has 3 heteroatoms. The van der Waals surface area contributed by atoms with Crippen LogP contribution in [-0.2, 0) is 4.79 Å². The fourth-order valence-electron chi connectivity index (χ4n) is 3.91. The highest BCUT2D eigenvalue weighted by Crippen LogP contribution is 2.40. The topological polar surface area (TPSA) is 57.5 Å². The maximum atomic E-state index is 12.3. The van der Waals surface area contributed by atoms with Gasteiger partial charge in [-0.15, -0.1) is 0 Å². The van der Waals surface area contributed by atoms with E-state index < -0.39 is 12.2 Å². The van der Waals surface area contributed by atoms with Crippen molar-refractivity contribution < 1.29 is 15.0 Å². The van der Waals surface area contributed by atoms with Crippen molar-refractivity contribution in [3.8, 4) is 0 Å². The van der Waals surface area contributed by atoms with Crippen molar-refractivity contribution >= 4 is 5.78 Å². The van der Waals surface area contributed by atoms with Gasteiger partial charge in [0.1, 0.15) is 5.78 Å². The Labute approximate surface area is 158 Å². The van der Waals surface area contributed by atoms with Crippen LogP contribution in [0.3, 0.4) is 0 Å². The monoisotopic (exact) mass is 358 g/mol. The minimum Gasteiger partial charge on any atom is -0.392 e. The van der Waals surface area contributed by atoms with Gasteiger partial charge in [-0.3, -0.25) is 4.79 Å². The fraction of sp³-hybridized carbons (Fsp3) is 0.609. The van der Waals surface area contributed by atoms with Crippen molar-refractivity contribution in [1.29, 1.82) is 0 Å². The van der Waals surface area contributed by atoms with Gasteiger partial charge in [-0.05, 0) is 30.4 Å². The number of Topliss-reactive ketones (excluding diaryl/α,β-unsaturated/α-hetero) is 1. The summed E-state index contributed by atoms with van der Waals surface area (Å²) in [5.41, 5.74) is 1.92. The molecule has 3 nitrogen and oxygen atoms in total. The molecule has 0 radical (unpaired) electrons. The molecule has 1 fully saturated rings. The van der Waals surface area contributed by atoms with Gasteiger partial charge in [-0.2, -0.15) is 0 Å². The molecule has 0 amide bonds. The van der Waals surface area contributed by atoms with Gasteiger partial charge >= 0.3 is 0 Å². The molecule has 1 aromatic rings. The molecule has 0 aliphatic heterocycles. The first-order chi connectivity index (χ1) is 12.6. The van der Waals surface area contributed by atoms with Gasteiger partial charge in [-0.1, -0.05) is 75.9 Å². The first-order valence-corrected chi connectivity index (χ1v) is 10.2. The Kier molecular flexibility index (Phi) is 8.53. The lowest BCUT2D eigenvalue weighted by Crippen LogP contribution is -2.18. The minimum absolute atomic E-state index is 0.139. The molecule has 1 unspecified atom stereocenters. The van der Waals surface area contributed by atoms with Crippen molar-refractivity contribution in [2.75, 3.05) is 0 Å². The second-order valence-corrected chi connectivity index (χ2v) is 7.54. The molecule has 0 spiro atoms. The van der Waals surface area contributed by atoms with E-state index >= 15 is 0 Å². The number of rotatable bonds is 10. The van der Waals surface area contributed by atoms with E-state index in [1.54, 1.807) is 0 Å². The van der Waals surface area contributed by atoms with Gasteiger partial charge in [0, 0.05) is 18.3 Å². The first kappa shape index (κ1) is 20.9. The largest absolute Gasteiger partial charge is 0.392 e. The molecule has 1 aliphatic carbocycles. The van der Waals surface area contributed by atoms with Crippen molar-refractivity contribution in [2.24, 2.45) is 5.92 Å². The number of ketones is 1. The predicted octanol–water partition coefficient (Wildman–Crippen LogP) is 5.08. The number of aliphatic hydroxyl groups excluding tert-OH is 2. The maximum absolute atomic E-state index is 12.3. The van der Waals surface area contributed by atoms with Gasteiger partial charge in [0.2, 0.25) is 0 Å². The summed E-state index contributed by atoms with van der Waals surface area (Å²) in [6, 6.07) is 7.86. The summed E-state index contributed by atoms with van der Waals surface area (Å²) in [4.78, 5) is 12.3. The van der Waals surface area contributed by atoms with E-state index in [-0.39, 0.29) is 24.0 Å². The average molecular weight is 359 g/mol. The summed E-state index contributed by atoms with van der Waals surface area (Å²) < 4.78 is 0. The summed E-state index contributed by atoms with van der Waals surface area (Å²) >= 11 is 0. The quantitative estimate of drug-likeness (QED) is 0.453. The summed E-state index contributed by atoms with van der Waals surface area (Å²) in [6.07, 6.45) is 10.3. The summed E-state index contributed by atoms with van der Waals surface area (Å²) in [6.45, 7) is 4.29. The fourth-order valence-corrected chi connectivity index (χ4v) is 3.91. The van der Waals surface area contributed by atoms with Crippen LogP contribution >= 0.6 is 0 Å². The lowest BCUT2D eigenvalue weighted by Gasteiger charge is -2.21. The van der Waals surface area contributed by atoms with E-state index in [0.717, 1.165) is 49.7 Å². The number of unbranched alkanes of at least 4 members (excludes halogenated alkanes) is 3. The van der Waals surface area contributed by atoms with Crippen molar-refractivity contribution in [3.63, 3.8) is 0 Å². The van der Waals surface area contributed by atoms with Crippen LogP contribution in [0.5, 0.6) is 0 Å². The van der Waals surface area contributed by atoms with Crippen molar-refractivity contribution in [2.45, 2.75) is 83.3 Å². The molecule has 1 aliphatic rings. The third-order valence-corrected chi connectivity index (χ3v) is 5.47. The zero-order valence-corrected chi connectivity index (χ0v) is 16.2. The highest BCUT2D eigenvalue weighted by atomic mass is 16.3. The molecule has 0 heterocycles. The zero-order valence-electron chi connectivity index (χ0n) is 16.2. The highest BCUT2D eigenvalue weighted by molar-refractivity contribution is 5.85. The molecule has 4 atom stereocenters. The smallest absolute Gasteiger partial charge is 0.139 e. The molecule has 144 valence electrons. The Hall–Kier alpha value is -1.45. The van der Waals surface area contributed by atoms with E-state index in [1.807, 2.05) is 24.3 Å². The molecule has 1 aromatic carbocycles. The first-order valence-electron chi connectivity index (χ1n) is 10.2. The molecular weight excluding hydrogens is 324 g/mol. The van der Waals surface area contributed by atoms with Crippen LogP contribution in [0.2, 0.25) is 0 Å². The lowest BCUT2D eigenvalue weighted by atomic mass is 9.84. The number of carbonyl (C=O) groups excluding carboxylic acids is 1. The van der Waals surface area contributed by atoms with Crippen LogP contribution in [0.1, 0.15) is 88.4 Å². The number of hydrogen-bond acceptors (Lipinski definition) is 3. The van der Waals surface area contributed by atoms with Crippen molar-refractivity contribution in [1.82, 2.24) is 0 Å². The Morgan fingerprint density at radius 3 is 2.50 bits per heavy atom. The summed E-state index contributed by atoms with van der Waals surface area (Å²) in [7, 11) is 0. The van der Waals surface area contributed by atoms with Gasteiger partial charge in [-0.25, -0.2) is 0 Å². The third kappa shape index (κ3) is 5.52. The predicted molar refractivity (Wildman–Crippen MR) is 106 cm³/mol. The molecule has 1 saturated carbocycles. The summed E-state index contributed by atoms with van der Waals surface area (Å²) in [5, 5.41) is 20.7. The Morgan fingerprint density at radius 2 is 1.85 bits per heavy atom. The minimum atomic E-state index is -0.604. The number of aliphatic hydroxyl groups is 2. The van der Waals surface area contributed by atoms with Crippen molar-refractivity contribution in [3.05, 3.63) is 47.5 Å². The van der Waals surface area contributed by atoms with E-state index in [0.29, 0.717) is 6.42 Å². The molecule has 26 heavy (non-hydrogen) atoms. The van der Waals surface area contributed by atoms with Crippen LogP contribution < -0.4 is 0 Å². The third-order valence-electron chi connectivity index (χ3n) is 5.47. The van der Waals surface area contributed by atoms with Crippen LogP contribution in [0.4, 0.5) is 0 Å². The average Bonchev–Trinajstić information content (AvgIpc) is 2.92. The van der Waals surface area contributed by atoms with E-state index in [2.05, 4.69) is 26.0 Å². The lowest BCUT2D eigenvalue weighted by molar-refractivity contribution is -0.121. The molecular formula is C23H34O3. The molecule has 2 N–H and O–H groups in total. The number of carbonyl (C=O) groups is 1. The van der Waals surface area contributed by atoms with E-state index in [1.165, 1.54) is 0 Å². The Morgan fingerprint density at radius 1 is 1.12 bits per heavy atom. The highest BCUT2D eigenvalue weighted by Gasteiger charge is 2.41. The number of allylic oxidation sites excluding steroid dienone is 2. The van der Waals surface area contributed by atoms with E-state index in [9.17, 15) is 15.0 Å². The van der Waals surface area contributed by atoms with Gasteiger partial charge < -0.3 is 10.2 Å². The number of benzene rings is 1. The van der Waals surface area contributed by atoms with Crippen LogP contribution in [0.25, 0.3) is 0 Å². The van der Waals surface area contributed by atoms with Crippen LogP contribution in [0, 0.1) is 5.92 Å².